The third kappa shape index (κ3) is 1.29. The minimum atomic E-state index is 0.294. The zero-order chi connectivity index (χ0) is 10.4. The van der Waals surface area contributed by atoms with E-state index in [9.17, 15) is 5.11 Å². The van der Waals surface area contributed by atoms with Crippen molar-refractivity contribution in [1.82, 2.24) is 0 Å². The molecular formula is C12H7ClOS. The Bertz CT molecular complexity index is 657. The summed E-state index contributed by atoms with van der Waals surface area (Å²) < 4.78 is 2.23. The number of thiophene rings is 1. The molecule has 1 heterocycles. The van der Waals surface area contributed by atoms with E-state index >= 15 is 0 Å². The van der Waals surface area contributed by atoms with Gasteiger partial charge in [0, 0.05) is 15.5 Å². The van der Waals surface area contributed by atoms with Crippen LogP contribution in [0.4, 0.5) is 0 Å². The van der Waals surface area contributed by atoms with Crippen molar-refractivity contribution in [3.63, 3.8) is 0 Å². The van der Waals surface area contributed by atoms with Gasteiger partial charge in [0.25, 0.3) is 0 Å². The number of aromatic hydroxyl groups is 1. The standard InChI is InChI=1S/C12H7ClOS/c13-10-3-1-2-8-9-6-7(14)4-5-11(9)15-12(8)10/h1-6,14H. The van der Waals surface area contributed by atoms with Crippen molar-refractivity contribution < 1.29 is 5.11 Å². The van der Waals surface area contributed by atoms with Gasteiger partial charge in [-0.1, -0.05) is 23.7 Å². The average Bonchev–Trinajstić information content (AvgIpc) is 2.58. The molecule has 15 heavy (non-hydrogen) atoms. The molecule has 0 bridgehead atoms. The molecule has 0 atom stereocenters. The third-order valence-corrected chi connectivity index (χ3v) is 4.08. The first-order valence-corrected chi connectivity index (χ1v) is 5.75. The van der Waals surface area contributed by atoms with Gasteiger partial charge < -0.3 is 5.11 Å². The van der Waals surface area contributed by atoms with Gasteiger partial charge in [0.15, 0.2) is 0 Å². The summed E-state index contributed by atoms with van der Waals surface area (Å²) in [4.78, 5) is 0. The second-order valence-corrected chi connectivity index (χ2v) is 4.86. The number of hydrogen-bond donors (Lipinski definition) is 1. The second kappa shape index (κ2) is 3.12. The van der Waals surface area contributed by atoms with E-state index in [1.807, 2.05) is 24.3 Å². The molecule has 0 aliphatic heterocycles. The molecule has 3 heteroatoms. The second-order valence-electron chi connectivity index (χ2n) is 3.40. The van der Waals surface area contributed by atoms with Crippen LogP contribution >= 0.6 is 22.9 Å². The van der Waals surface area contributed by atoms with Crippen molar-refractivity contribution in [2.45, 2.75) is 0 Å². The fourth-order valence-electron chi connectivity index (χ4n) is 1.75. The maximum atomic E-state index is 9.45. The van der Waals surface area contributed by atoms with E-state index in [1.54, 1.807) is 23.5 Å². The summed E-state index contributed by atoms with van der Waals surface area (Å²) in [6.07, 6.45) is 0. The molecule has 1 nitrogen and oxygen atoms in total. The van der Waals surface area contributed by atoms with Gasteiger partial charge in [0.05, 0.1) is 9.72 Å². The molecule has 0 radical (unpaired) electrons. The normalized spacial score (nSPS) is 11.3. The van der Waals surface area contributed by atoms with E-state index in [0.717, 1.165) is 25.2 Å². The highest BCUT2D eigenvalue weighted by molar-refractivity contribution is 7.26. The fourth-order valence-corrected chi connectivity index (χ4v) is 3.13. The number of phenols is 1. The van der Waals surface area contributed by atoms with Gasteiger partial charge in [-0.25, -0.2) is 0 Å². The van der Waals surface area contributed by atoms with Crippen molar-refractivity contribution in [2.24, 2.45) is 0 Å². The maximum Gasteiger partial charge on any atom is 0.116 e. The van der Waals surface area contributed by atoms with Crippen molar-refractivity contribution >= 4 is 43.1 Å². The molecule has 3 rings (SSSR count). The Morgan fingerprint density at radius 2 is 1.93 bits per heavy atom. The molecule has 0 amide bonds. The minimum Gasteiger partial charge on any atom is -0.508 e. The molecule has 0 saturated heterocycles. The van der Waals surface area contributed by atoms with Crippen molar-refractivity contribution in [3.05, 3.63) is 41.4 Å². The van der Waals surface area contributed by atoms with Crippen LogP contribution in [0.5, 0.6) is 5.75 Å². The Labute approximate surface area is 95.5 Å². The molecule has 0 saturated carbocycles. The van der Waals surface area contributed by atoms with Gasteiger partial charge in [0.2, 0.25) is 0 Å². The van der Waals surface area contributed by atoms with Crippen LogP contribution in [-0.4, -0.2) is 5.11 Å². The van der Waals surface area contributed by atoms with Crippen molar-refractivity contribution in [2.75, 3.05) is 0 Å². The number of benzene rings is 2. The lowest BCUT2D eigenvalue weighted by atomic mass is 10.1. The maximum absolute atomic E-state index is 9.45. The van der Waals surface area contributed by atoms with Gasteiger partial charge in [0.1, 0.15) is 5.75 Å². The first-order valence-electron chi connectivity index (χ1n) is 4.55. The van der Waals surface area contributed by atoms with E-state index in [2.05, 4.69) is 0 Å². The lowest BCUT2D eigenvalue weighted by Crippen LogP contribution is -1.67. The monoisotopic (exact) mass is 234 g/mol. The van der Waals surface area contributed by atoms with Gasteiger partial charge in [-0.2, -0.15) is 0 Å². The van der Waals surface area contributed by atoms with Crippen LogP contribution in [0.3, 0.4) is 0 Å². The van der Waals surface area contributed by atoms with E-state index in [0.29, 0.717) is 5.75 Å². The van der Waals surface area contributed by atoms with Crippen LogP contribution < -0.4 is 0 Å². The van der Waals surface area contributed by atoms with Gasteiger partial charge >= 0.3 is 0 Å². The summed E-state index contributed by atoms with van der Waals surface area (Å²) in [5.74, 6) is 0.294. The summed E-state index contributed by atoms with van der Waals surface area (Å²) in [6, 6.07) is 11.3. The highest BCUT2D eigenvalue weighted by Gasteiger charge is 2.07. The Balaban J connectivity index is 2.58. The summed E-state index contributed by atoms with van der Waals surface area (Å²) in [5.41, 5.74) is 0. The minimum absolute atomic E-state index is 0.294. The summed E-state index contributed by atoms with van der Waals surface area (Å²) in [6.45, 7) is 0. The zero-order valence-electron chi connectivity index (χ0n) is 7.70. The van der Waals surface area contributed by atoms with Crippen molar-refractivity contribution in [1.29, 1.82) is 0 Å². The molecule has 2 aromatic carbocycles. The number of fused-ring (bicyclic) bond motifs is 3. The number of hydrogen-bond acceptors (Lipinski definition) is 2. The van der Waals surface area contributed by atoms with Gasteiger partial charge in [-0.3, -0.25) is 0 Å². The third-order valence-electron chi connectivity index (χ3n) is 2.43. The highest BCUT2D eigenvalue weighted by atomic mass is 35.5. The van der Waals surface area contributed by atoms with Crippen molar-refractivity contribution in [3.8, 4) is 5.75 Å². The smallest absolute Gasteiger partial charge is 0.116 e. The van der Waals surface area contributed by atoms with Gasteiger partial charge in [-0.15, -0.1) is 11.3 Å². The number of rotatable bonds is 0. The molecule has 0 unspecified atom stereocenters. The molecule has 1 aromatic heterocycles. The predicted octanol–water partition coefficient (Wildman–Crippen LogP) is 4.41. The fraction of sp³-hybridized carbons (Fsp3) is 0. The van der Waals surface area contributed by atoms with Crippen LogP contribution in [0.15, 0.2) is 36.4 Å². The molecule has 0 aliphatic carbocycles. The molecule has 0 spiro atoms. The average molecular weight is 235 g/mol. The quantitative estimate of drug-likeness (QED) is 0.611. The molecule has 74 valence electrons. The number of halogens is 1. The molecular weight excluding hydrogens is 228 g/mol. The first-order chi connectivity index (χ1) is 7.25. The zero-order valence-corrected chi connectivity index (χ0v) is 9.27. The van der Waals surface area contributed by atoms with Crippen LogP contribution in [0.2, 0.25) is 5.02 Å². The summed E-state index contributed by atoms with van der Waals surface area (Å²) >= 11 is 7.77. The van der Waals surface area contributed by atoms with Gasteiger partial charge in [-0.05, 0) is 24.3 Å². The largest absolute Gasteiger partial charge is 0.508 e. The lowest BCUT2D eigenvalue weighted by Gasteiger charge is -1.93. The van der Waals surface area contributed by atoms with Crippen LogP contribution in [0.25, 0.3) is 20.2 Å². The van der Waals surface area contributed by atoms with E-state index in [1.165, 1.54) is 0 Å². The molecule has 1 N–H and O–H groups in total. The predicted molar refractivity (Wildman–Crippen MR) is 66.0 cm³/mol. The topological polar surface area (TPSA) is 20.2 Å². The highest BCUT2D eigenvalue weighted by Crippen LogP contribution is 2.38. The summed E-state index contributed by atoms with van der Waals surface area (Å²) in [7, 11) is 0. The molecule has 0 aliphatic rings. The van der Waals surface area contributed by atoms with Crippen LogP contribution in [0.1, 0.15) is 0 Å². The van der Waals surface area contributed by atoms with E-state index < -0.39 is 0 Å². The summed E-state index contributed by atoms with van der Waals surface area (Å²) in [5, 5.41) is 12.4. The molecule has 0 fully saturated rings. The van der Waals surface area contributed by atoms with Crippen LogP contribution in [0, 0.1) is 0 Å². The Morgan fingerprint density at radius 3 is 2.80 bits per heavy atom. The number of phenolic OH excluding ortho intramolecular Hbond substituents is 1. The molecule has 3 aromatic rings. The van der Waals surface area contributed by atoms with E-state index in [-0.39, 0.29) is 0 Å². The first kappa shape index (κ1) is 9.01. The van der Waals surface area contributed by atoms with E-state index in [4.69, 9.17) is 11.6 Å². The lowest BCUT2D eigenvalue weighted by molar-refractivity contribution is 0.476. The SMILES string of the molecule is Oc1ccc2sc3c(Cl)cccc3c2c1. The Hall–Kier alpha value is -1.25. The van der Waals surface area contributed by atoms with Crippen LogP contribution in [-0.2, 0) is 0 Å². The Morgan fingerprint density at radius 1 is 1.07 bits per heavy atom. The Kier molecular flexibility index (Phi) is 1.87.